The average molecular weight is 327 g/mol. The molecule has 0 unspecified atom stereocenters. The molecule has 0 atom stereocenters. The number of hydrogen-bond donors (Lipinski definition) is 1. The zero-order valence-electron chi connectivity index (χ0n) is 10.2. The van der Waals surface area contributed by atoms with Crippen molar-refractivity contribution in [3.05, 3.63) is 46.7 Å². The lowest BCUT2D eigenvalue weighted by Gasteiger charge is -2.03. The highest BCUT2D eigenvalue weighted by atomic mass is 32.2. The molecular weight excluding hydrogens is 320 g/mol. The first kappa shape index (κ1) is 15.1. The van der Waals surface area contributed by atoms with Crippen LogP contribution in [0.5, 0.6) is 0 Å². The molecule has 5 nitrogen and oxygen atoms in total. The summed E-state index contributed by atoms with van der Waals surface area (Å²) in [7, 11) is -4.06. The summed E-state index contributed by atoms with van der Waals surface area (Å²) in [5, 5.41) is 14.4. The molecule has 0 aliphatic rings. The minimum Gasteiger partial charge on any atom is -0.274 e. The third-order valence-electron chi connectivity index (χ3n) is 2.36. The number of rotatable bonds is 3. The highest BCUT2D eigenvalue weighted by Gasteiger charge is 2.23. The Morgan fingerprint density at radius 3 is 2.67 bits per heavy atom. The fourth-order valence-electron chi connectivity index (χ4n) is 1.35. The highest BCUT2D eigenvalue weighted by Crippen LogP contribution is 2.18. The van der Waals surface area contributed by atoms with Crippen molar-refractivity contribution in [2.24, 2.45) is 5.10 Å². The summed E-state index contributed by atoms with van der Waals surface area (Å²) in [6, 6.07) is 5.39. The van der Waals surface area contributed by atoms with Gasteiger partial charge in [-0.1, -0.05) is 0 Å². The van der Waals surface area contributed by atoms with E-state index in [0.29, 0.717) is 6.07 Å². The van der Waals surface area contributed by atoms with Crippen LogP contribution in [0.15, 0.2) is 45.0 Å². The number of sulfone groups is 1. The van der Waals surface area contributed by atoms with E-state index in [9.17, 15) is 17.2 Å². The van der Waals surface area contributed by atoms with Gasteiger partial charge in [-0.05, 0) is 23.6 Å². The van der Waals surface area contributed by atoms with Gasteiger partial charge in [-0.15, -0.1) is 0 Å². The van der Waals surface area contributed by atoms with Gasteiger partial charge in [0.2, 0.25) is 9.84 Å². The molecule has 0 aliphatic carbocycles. The Labute approximate surface area is 123 Å². The molecule has 2 aromatic rings. The molecule has 0 bridgehead atoms. The third kappa shape index (κ3) is 3.24. The van der Waals surface area contributed by atoms with Crippen LogP contribution in [0.2, 0.25) is 0 Å². The Kier molecular flexibility index (Phi) is 4.30. The molecule has 9 heteroatoms. The van der Waals surface area contributed by atoms with E-state index in [1.165, 1.54) is 22.9 Å². The molecule has 0 saturated heterocycles. The van der Waals surface area contributed by atoms with E-state index in [1.54, 1.807) is 0 Å². The van der Waals surface area contributed by atoms with Crippen LogP contribution >= 0.6 is 11.3 Å². The monoisotopic (exact) mass is 327 g/mol. The van der Waals surface area contributed by atoms with Crippen molar-refractivity contribution in [2.75, 3.05) is 5.43 Å². The summed E-state index contributed by atoms with van der Waals surface area (Å²) in [4.78, 5) is -0.0748. The van der Waals surface area contributed by atoms with Crippen LogP contribution in [-0.4, -0.2) is 13.5 Å². The number of halogens is 2. The van der Waals surface area contributed by atoms with Crippen molar-refractivity contribution in [1.29, 1.82) is 5.26 Å². The fourth-order valence-corrected chi connectivity index (χ4v) is 3.39. The van der Waals surface area contributed by atoms with Gasteiger partial charge in [0, 0.05) is 11.4 Å². The minimum absolute atomic E-state index is 0.0748. The van der Waals surface area contributed by atoms with Gasteiger partial charge in [-0.25, -0.2) is 17.2 Å². The van der Waals surface area contributed by atoms with Crippen molar-refractivity contribution in [1.82, 2.24) is 0 Å². The molecule has 108 valence electrons. The summed E-state index contributed by atoms with van der Waals surface area (Å²) in [5.74, 6) is -1.74. The number of hydrogen-bond acceptors (Lipinski definition) is 6. The second kappa shape index (κ2) is 5.99. The van der Waals surface area contributed by atoms with Gasteiger partial charge < -0.3 is 0 Å². The first-order valence-corrected chi connectivity index (χ1v) is 7.84. The molecule has 1 aromatic heterocycles. The number of nitrogens with zero attached hydrogens (tertiary/aromatic N) is 2. The van der Waals surface area contributed by atoms with Crippen molar-refractivity contribution in [3.63, 3.8) is 0 Å². The maximum absolute atomic E-state index is 13.4. The lowest BCUT2D eigenvalue weighted by Crippen LogP contribution is -2.14. The first-order chi connectivity index (χ1) is 9.95. The third-order valence-corrected chi connectivity index (χ3v) is 4.76. The van der Waals surface area contributed by atoms with E-state index in [2.05, 4.69) is 10.5 Å². The molecule has 1 N–H and O–H groups in total. The Bertz CT molecular complexity index is 825. The maximum atomic E-state index is 13.4. The van der Waals surface area contributed by atoms with Gasteiger partial charge in [-0.3, -0.25) is 5.43 Å². The Morgan fingerprint density at radius 2 is 2.10 bits per heavy atom. The van der Waals surface area contributed by atoms with Crippen LogP contribution in [0, 0.1) is 23.0 Å². The lowest BCUT2D eigenvalue weighted by molar-refractivity contribution is 0.585. The van der Waals surface area contributed by atoms with Crippen LogP contribution in [-0.2, 0) is 9.84 Å². The van der Waals surface area contributed by atoms with Crippen molar-refractivity contribution in [3.8, 4) is 6.07 Å². The Hall–Kier alpha value is -2.31. The fraction of sp³-hybridized carbons (Fsp3) is 0. The van der Waals surface area contributed by atoms with Crippen molar-refractivity contribution < 1.29 is 17.2 Å². The van der Waals surface area contributed by atoms with Crippen LogP contribution < -0.4 is 5.43 Å². The van der Waals surface area contributed by atoms with Gasteiger partial charge in [-0.2, -0.15) is 21.7 Å². The van der Waals surface area contributed by atoms with Gasteiger partial charge in [0.25, 0.3) is 5.04 Å². The maximum Gasteiger partial charge on any atom is 0.256 e. The van der Waals surface area contributed by atoms with Crippen LogP contribution in [0.25, 0.3) is 0 Å². The largest absolute Gasteiger partial charge is 0.274 e. The van der Waals surface area contributed by atoms with Gasteiger partial charge in [0.05, 0.1) is 10.6 Å². The van der Waals surface area contributed by atoms with E-state index in [1.807, 2.05) is 0 Å². The number of thiophene rings is 1. The molecule has 0 spiro atoms. The topological polar surface area (TPSA) is 82.3 Å². The van der Waals surface area contributed by atoms with E-state index < -0.39 is 26.5 Å². The molecule has 2 rings (SSSR count). The number of benzene rings is 1. The van der Waals surface area contributed by atoms with E-state index in [-0.39, 0.29) is 10.6 Å². The normalized spacial score (nSPS) is 12.0. The zero-order chi connectivity index (χ0) is 15.5. The summed E-state index contributed by atoms with van der Waals surface area (Å²) in [6.07, 6.45) is 0. The minimum atomic E-state index is -4.06. The number of anilines is 1. The average Bonchev–Trinajstić information content (AvgIpc) is 2.96. The number of nitrogens with one attached hydrogen (secondary N) is 1. The van der Waals surface area contributed by atoms with Gasteiger partial charge >= 0.3 is 0 Å². The molecule has 0 saturated carbocycles. The van der Waals surface area contributed by atoms with Crippen LogP contribution in [0.4, 0.5) is 14.5 Å². The highest BCUT2D eigenvalue weighted by molar-refractivity contribution is 8.07. The molecule has 1 aromatic carbocycles. The summed E-state index contributed by atoms with van der Waals surface area (Å²) in [6.45, 7) is 0. The zero-order valence-corrected chi connectivity index (χ0v) is 11.9. The number of nitriles is 1. The standard InChI is InChI=1S/C12H7F2N3O2S2/c13-8-1-2-11(10(14)5-8)16-17-12(6-15)21(18,19)9-3-4-20-7-9/h1-5,7,16H/b17-12+. The Morgan fingerprint density at radius 1 is 1.33 bits per heavy atom. The smallest absolute Gasteiger partial charge is 0.256 e. The SMILES string of the molecule is N#C/C(=N\Nc1ccc(F)cc1F)S(=O)(=O)c1ccsc1. The van der Waals surface area contributed by atoms with Gasteiger partial charge in [0.15, 0.2) is 5.82 Å². The molecule has 0 fully saturated rings. The predicted molar refractivity (Wildman–Crippen MR) is 74.5 cm³/mol. The summed E-state index contributed by atoms with van der Waals surface area (Å²) >= 11 is 1.15. The summed E-state index contributed by atoms with van der Waals surface area (Å²) in [5.41, 5.74) is 1.86. The molecule has 0 radical (unpaired) electrons. The molecular formula is C12H7F2N3O2S2. The van der Waals surface area contributed by atoms with E-state index in [0.717, 1.165) is 23.5 Å². The summed E-state index contributed by atoms with van der Waals surface area (Å²) < 4.78 is 50.2. The molecule has 21 heavy (non-hydrogen) atoms. The van der Waals surface area contributed by atoms with E-state index >= 15 is 0 Å². The second-order valence-corrected chi connectivity index (χ2v) is 6.37. The first-order valence-electron chi connectivity index (χ1n) is 5.41. The van der Waals surface area contributed by atoms with Crippen molar-refractivity contribution in [2.45, 2.75) is 4.90 Å². The van der Waals surface area contributed by atoms with Crippen LogP contribution in [0.3, 0.4) is 0 Å². The molecule has 0 aliphatic heterocycles. The quantitative estimate of drug-likeness (QED) is 0.534. The number of hydrazone groups is 1. The Balaban J connectivity index is 2.32. The van der Waals surface area contributed by atoms with Gasteiger partial charge in [0.1, 0.15) is 11.9 Å². The van der Waals surface area contributed by atoms with Crippen LogP contribution in [0.1, 0.15) is 0 Å². The lowest BCUT2D eigenvalue weighted by atomic mass is 10.3. The van der Waals surface area contributed by atoms with Crippen molar-refractivity contribution >= 4 is 31.9 Å². The van der Waals surface area contributed by atoms with E-state index in [4.69, 9.17) is 5.26 Å². The molecule has 1 heterocycles. The molecule has 0 amide bonds. The predicted octanol–water partition coefficient (Wildman–Crippen LogP) is 2.75. The second-order valence-electron chi connectivity index (χ2n) is 3.73.